The van der Waals surface area contributed by atoms with E-state index in [1.807, 2.05) is 19.1 Å². The van der Waals surface area contributed by atoms with E-state index < -0.39 is 18.3 Å². The molecule has 3 aromatic rings. The number of hydrogen-bond acceptors (Lipinski definition) is 7. The molecule has 4 rings (SSSR count). The zero-order valence-electron chi connectivity index (χ0n) is 16.7. The van der Waals surface area contributed by atoms with Crippen LogP contribution in [0.2, 0.25) is 0 Å². The number of amides is 1. The number of aryl methyl sites for hydroxylation is 2. The maximum Gasteiger partial charge on any atom is 0.275 e. The van der Waals surface area contributed by atoms with Gasteiger partial charge in [-0.25, -0.2) is 9.37 Å². The van der Waals surface area contributed by atoms with Crippen LogP contribution in [0.5, 0.6) is 0 Å². The van der Waals surface area contributed by atoms with Gasteiger partial charge in [0.1, 0.15) is 28.7 Å². The van der Waals surface area contributed by atoms with Crippen molar-refractivity contribution in [2.45, 2.75) is 38.1 Å². The van der Waals surface area contributed by atoms with Gasteiger partial charge in [-0.05, 0) is 31.4 Å². The molecule has 8 nitrogen and oxygen atoms in total. The molecule has 1 amide bonds. The third-order valence-corrected chi connectivity index (χ3v) is 6.02. The molecule has 3 N–H and O–H groups in total. The highest BCUT2D eigenvalue weighted by Gasteiger charge is 2.30. The fraction of sp³-hybridized carbons (Fsp3) is 0.400. The number of carbonyl (C=O) groups excluding carboxylic acids is 1. The number of ether oxygens (including phenoxy) is 1. The molecule has 3 aromatic heterocycles. The normalized spacial score (nSPS) is 21.9. The molecule has 10 heteroatoms. The highest BCUT2D eigenvalue weighted by Crippen LogP contribution is 2.33. The maximum absolute atomic E-state index is 13.9. The zero-order chi connectivity index (χ0) is 21.3. The van der Waals surface area contributed by atoms with Crippen LogP contribution in [0, 0.1) is 6.92 Å². The average molecular weight is 431 g/mol. The topological polar surface area (TPSA) is 108 Å². The molecule has 0 aromatic carbocycles. The van der Waals surface area contributed by atoms with Crippen LogP contribution < -0.4 is 11.1 Å². The third-order valence-electron chi connectivity index (χ3n) is 5.17. The van der Waals surface area contributed by atoms with Crippen LogP contribution in [0.1, 0.15) is 40.7 Å². The van der Waals surface area contributed by atoms with Gasteiger partial charge in [0.25, 0.3) is 5.91 Å². The molecule has 0 saturated carbocycles. The second-order valence-electron chi connectivity index (χ2n) is 7.31. The first-order valence-electron chi connectivity index (χ1n) is 9.66. The minimum Gasteiger partial charge on any atom is -0.369 e. The van der Waals surface area contributed by atoms with Gasteiger partial charge in [-0.15, -0.1) is 11.3 Å². The van der Waals surface area contributed by atoms with Crippen molar-refractivity contribution >= 4 is 22.9 Å². The van der Waals surface area contributed by atoms with E-state index >= 15 is 0 Å². The van der Waals surface area contributed by atoms with E-state index in [1.165, 1.54) is 11.3 Å². The van der Waals surface area contributed by atoms with Crippen LogP contribution in [-0.4, -0.2) is 44.5 Å². The summed E-state index contributed by atoms with van der Waals surface area (Å²) >= 11 is 1.36. The molecule has 0 radical (unpaired) electrons. The molecule has 1 aliphatic rings. The summed E-state index contributed by atoms with van der Waals surface area (Å²) in [6.45, 7) is 1.87. The second-order valence-corrected chi connectivity index (χ2v) is 8.17. The summed E-state index contributed by atoms with van der Waals surface area (Å²) in [5.74, 6) is -0.353. The van der Waals surface area contributed by atoms with E-state index in [4.69, 9.17) is 10.5 Å². The van der Waals surface area contributed by atoms with Crippen LogP contribution in [0.4, 0.5) is 10.1 Å². The lowest BCUT2D eigenvalue weighted by molar-refractivity contribution is 0.0247. The number of halogens is 1. The second kappa shape index (κ2) is 8.58. The number of rotatable bonds is 4. The fourth-order valence-corrected chi connectivity index (χ4v) is 4.32. The molecule has 0 aliphatic carbocycles. The number of pyridine rings is 1. The number of anilines is 1. The number of carbonyl (C=O) groups is 1. The molecule has 3 atom stereocenters. The van der Waals surface area contributed by atoms with Gasteiger partial charge in [0.05, 0.1) is 24.2 Å². The standard InChI is InChI=1S/C20H23FN6O2S/c1-11-4-3-7-23-17(11)20-26-15(10-30-20)19(28)25-14-8-24-27(2)18(14)16-6-5-13(22)12(21)9-29-16/h3-4,7-8,10,12-13,16H,5-6,9,22H2,1-2H3,(H,25,28)/t12-,13-,16+/m1/s1. The molecule has 0 unspecified atom stereocenters. The number of nitrogens with one attached hydrogen (secondary N) is 1. The summed E-state index contributed by atoms with van der Waals surface area (Å²) in [6, 6.07) is 3.26. The van der Waals surface area contributed by atoms with E-state index in [0.717, 1.165) is 11.3 Å². The first kappa shape index (κ1) is 20.6. The van der Waals surface area contributed by atoms with Crippen LogP contribution in [0.15, 0.2) is 29.9 Å². The molecule has 1 aliphatic heterocycles. The Morgan fingerprint density at radius 2 is 2.27 bits per heavy atom. The monoisotopic (exact) mass is 430 g/mol. The molecular formula is C20H23FN6O2S. The van der Waals surface area contributed by atoms with E-state index in [2.05, 4.69) is 20.4 Å². The highest BCUT2D eigenvalue weighted by molar-refractivity contribution is 7.13. The van der Waals surface area contributed by atoms with Gasteiger partial charge in [-0.1, -0.05) is 6.07 Å². The first-order chi connectivity index (χ1) is 14.4. The quantitative estimate of drug-likeness (QED) is 0.659. The Morgan fingerprint density at radius 3 is 3.07 bits per heavy atom. The van der Waals surface area contributed by atoms with Crippen molar-refractivity contribution in [3.8, 4) is 10.7 Å². The van der Waals surface area contributed by atoms with Gasteiger partial charge in [0.15, 0.2) is 0 Å². The number of nitrogens with zero attached hydrogens (tertiary/aromatic N) is 4. The number of thiazole rings is 1. The Kier molecular flexibility index (Phi) is 5.89. The summed E-state index contributed by atoms with van der Waals surface area (Å²) < 4.78 is 21.3. The SMILES string of the molecule is Cc1cccnc1-c1nc(C(=O)Nc2cnn(C)c2[C@@H]2CC[C@@H](N)[C@H](F)CO2)cs1. The van der Waals surface area contributed by atoms with Gasteiger partial charge in [-0.2, -0.15) is 5.10 Å². The van der Waals surface area contributed by atoms with E-state index in [9.17, 15) is 9.18 Å². The lowest BCUT2D eigenvalue weighted by atomic mass is 10.0. The minimum absolute atomic E-state index is 0.0801. The van der Waals surface area contributed by atoms with E-state index in [0.29, 0.717) is 34.9 Å². The Hall–Kier alpha value is -2.69. The van der Waals surface area contributed by atoms with Crippen LogP contribution in [0.25, 0.3) is 10.7 Å². The Balaban J connectivity index is 1.53. The number of alkyl halides is 1. The number of hydrogen-bond donors (Lipinski definition) is 2. The summed E-state index contributed by atoms with van der Waals surface area (Å²) in [6.07, 6.45) is 2.69. The highest BCUT2D eigenvalue weighted by atomic mass is 32.1. The lowest BCUT2D eigenvalue weighted by Gasteiger charge is -2.17. The molecule has 30 heavy (non-hydrogen) atoms. The van der Waals surface area contributed by atoms with Crippen LogP contribution in [-0.2, 0) is 11.8 Å². The molecular weight excluding hydrogens is 407 g/mol. The third kappa shape index (κ3) is 4.11. The van der Waals surface area contributed by atoms with Crippen LogP contribution >= 0.6 is 11.3 Å². The van der Waals surface area contributed by atoms with Gasteiger partial charge >= 0.3 is 0 Å². The van der Waals surface area contributed by atoms with E-state index in [-0.39, 0.29) is 12.5 Å². The predicted molar refractivity (Wildman–Crippen MR) is 112 cm³/mol. The van der Waals surface area contributed by atoms with Crippen molar-refractivity contribution < 1.29 is 13.9 Å². The first-order valence-corrected chi connectivity index (χ1v) is 10.5. The Morgan fingerprint density at radius 1 is 1.43 bits per heavy atom. The maximum atomic E-state index is 13.9. The largest absolute Gasteiger partial charge is 0.369 e. The van der Waals surface area contributed by atoms with Crippen molar-refractivity contribution in [3.05, 3.63) is 46.9 Å². The smallest absolute Gasteiger partial charge is 0.275 e. The fourth-order valence-electron chi connectivity index (χ4n) is 3.46. The van der Waals surface area contributed by atoms with Gasteiger partial charge in [0.2, 0.25) is 0 Å². The Bertz CT molecular complexity index is 1040. The average Bonchev–Trinajstić information content (AvgIpc) is 3.32. The van der Waals surface area contributed by atoms with Gasteiger partial charge < -0.3 is 15.8 Å². The molecule has 0 spiro atoms. The van der Waals surface area contributed by atoms with Crippen molar-refractivity contribution in [2.24, 2.45) is 12.8 Å². The van der Waals surface area contributed by atoms with Gasteiger partial charge in [-0.3, -0.25) is 14.5 Å². The lowest BCUT2D eigenvalue weighted by Crippen LogP contribution is -2.32. The molecule has 4 heterocycles. The molecule has 1 saturated heterocycles. The van der Waals surface area contributed by atoms with Crippen LogP contribution in [0.3, 0.4) is 0 Å². The summed E-state index contributed by atoms with van der Waals surface area (Å²) in [4.78, 5) is 21.6. The van der Waals surface area contributed by atoms with Crippen molar-refractivity contribution in [1.82, 2.24) is 19.7 Å². The van der Waals surface area contributed by atoms with Gasteiger partial charge in [0, 0.05) is 24.7 Å². The van der Waals surface area contributed by atoms with E-state index in [1.54, 1.807) is 29.5 Å². The van der Waals surface area contributed by atoms with Crippen molar-refractivity contribution in [2.75, 3.05) is 11.9 Å². The molecule has 158 valence electrons. The predicted octanol–water partition coefficient (Wildman–Crippen LogP) is 3.02. The summed E-state index contributed by atoms with van der Waals surface area (Å²) in [5, 5.41) is 9.48. The molecule has 1 fully saturated rings. The summed E-state index contributed by atoms with van der Waals surface area (Å²) in [5.41, 5.74) is 9.07. The molecule has 0 bridgehead atoms. The minimum atomic E-state index is -1.20. The van der Waals surface area contributed by atoms with Crippen molar-refractivity contribution in [1.29, 1.82) is 0 Å². The Labute approximate surface area is 177 Å². The summed E-state index contributed by atoms with van der Waals surface area (Å²) in [7, 11) is 1.76. The van der Waals surface area contributed by atoms with Crippen molar-refractivity contribution in [3.63, 3.8) is 0 Å². The zero-order valence-corrected chi connectivity index (χ0v) is 17.5. The number of nitrogens with two attached hydrogens (primary N) is 1. The number of aromatic nitrogens is 4.